The van der Waals surface area contributed by atoms with Gasteiger partial charge in [-0.15, -0.1) is 0 Å². The Kier molecular flexibility index (Phi) is 5.20. The molecule has 10 heteroatoms. The lowest BCUT2D eigenvalue weighted by Gasteiger charge is -2.39. The van der Waals surface area contributed by atoms with E-state index in [-0.39, 0.29) is 33.8 Å². The van der Waals surface area contributed by atoms with Crippen LogP contribution in [0.4, 0.5) is 0 Å². The second kappa shape index (κ2) is 7.59. The monoisotopic (exact) mass is 432 g/mol. The average Bonchev–Trinajstić information content (AvgIpc) is 2.71. The minimum atomic E-state index is -1.72. The molecule has 1 heterocycles. The van der Waals surface area contributed by atoms with Crippen LogP contribution in [0.3, 0.4) is 0 Å². The summed E-state index contributed by atoms with van der Waals surface area (Å²) >= 11 is 0. The zero-order valence-electron chi connectivity index (χ0n) is 16.2. The van der Waals surface area contributed by atoms with E-state index in [9.17, 15) is 40.2 Å². The molecule has 6 N–H and O–H groups in total. The van der Waals surface area contributed by atoms with Crippen molar-refractivity contribution in [2.75, 3.05) is 6.61 Å². The SMILES string of the molecule is Cc1cc(O[C@@H]2O[C@H](CO)[C@@H](O)[C@H](O)[C@H]2O)c2c(c1)C(=O)c1cc(O)cc(O)c1C2=O. The fourth-order valence-electron chi connectivity index (χ4n) is 3.85. The second-order valence-electron chi connectivity index (χ2n) is 7.55. The smallest absolute Gasteiger partial charge is 0.229 e. The first-order valence-corrected chi connectivity index (χ1v) is 9.41. The summed E-state index contributed by atoms with van der Waals surface area (Å²) in [5.74, 6) is -2.50. The van der Waals surface area contributed by atoms with E-state index in [4.69, 9.17) is 9.47 Å². The van der Waals surface area contributed by atoms with Crippen LogP contribution in [0.1, 0.15) is 37.4 Å². The number of aliphatic hydroxyl groups is 4. The van der Waals surface area contributed by atoms with Crippen LogP contribution in [0.2, 0.25) is 0 Å². The molecule has 164 valence electrons. The molecule has 31 heavy (non-hydrogen) atoms. The zero-order chi connectivity index (χ0) is 22.6. The summed E-state index contributed by atoms with van der Waals surface area (Å²) in [4.78, 5) is 26.2. The van der Waals surface area contributed by atoms with Crippen LogP contribution >= 0.6 is 0 Å². The highest BCUT2D eigenvalue weighted by Gasteiger charge is 2.45. The van der Waals surface area contributed by atoms with E-state index in [1.165, 1.54) is 12.1 Å². The van der Waals surface area contributed by atoms with Crippen molar-refractivity contribution in [3.05, 3.63) is 52.1 Å². The first-order valence-electron chi connectivity index (χ1n) is 9.41. The molecule has 1 aliphatic carbocycles. The highest BCUT2D eigenvalue weighted by molar-refractivity contribution is 6.30. The third kappa shape index (κ3) is 3.34. The topological polar surface area (TPSA) is 174 Å². The first-order chi connectivity index (χ1) is 14.6. The zero-order valence-corrected chi connectivity index (χ0v) is 16.2. The number of benzene rings is 2. The molecule has 1 aliphatic heterocycles. The molecule has 1 fully saturated rings. The van der Waals surface area contributed by atoms with Gasteiger partial charge in [-0.25, -0.2) is 0 Å². The number of rotatable bonds is 3. The van der Waals surface area contributed by atoms with Crippen LogP contribution in [0.15, 0.2) is 24.3 Å². The Labute approximate surface area is 175 Å². The highest BCUT2D eigenvalue weighted by Crippen LogP contribution is 2.40. The maximum Gasteiger partial charge on any atom is 0.229 e. The van der Waals surface area contributed by atoms with Gasteiger partial charge in [-0.2, -0.15) is 0 Å². The van der Waals surface area contributed by atoms with E-state index in [2.05, 4.69) is 0 Å². The number of hydrogen-bond acceptors (Lipinski definition) is 10. The van der Waals surface area contributed by atoms with Crippen LogP contribution in [-0.4, -0.2) is 79.5 Å². The fourth-order valence-corrected chi connectivity index (χ4v) is 3.85. The van der Waals surface area contributed by atoms with Crippen LogP contribution in [0.25, 0.3) is 0 Å². The number of ether oxygens (including phenoxy) is 2. The Morgan fingerprint density at radius 1 is 0.903 bits per heavy atom. The molecule has 0 unspecified atom stereocenters. The minimum absolute atomic E-state index is 0.0397. The number of carbonyl (C=O) groups is 2. The van der Waals surface area contributed by atoms with Gasteiger partial charge in [-0.05, 0) is 30.7 Å². The predicted octanol–water partition coefficient (Wildman–Crippen LogP) is -0.640. The van der Waals surface area contributed by atoms with E-state index in [1.807, 2.05) is 0 Å². The lowest BCUT2D eigenvalue weighted by Crippen LogP contribution is -2.60. The maximum absolute atomic E-state index is 13.2. The molecule has 0 saturated carbocycles. The molecular weight excluding hydrogens is 412 g/mol. The number of phenols is 2. The van der Waals surface area contributed by atoms with E-state index < -0.39 is 54.6 Å². The lowest BCUT2D eigenvalue weighted by molar-refractivity contribution is -0.277. The summed E-state index contributed by atoms with van der Waals surface area (Å²) in [6.07, 6.45) is -7.80. The van der Waals surface area contributed by atoms with E-state index in [1.54, 1.807) is 6.92 Å². The molecule has 0 amide bonds. The van der Waals surface area contributed by atoms with Gasteiger partial charge in [-0.1, -0.05) is 0 Å². The van der Waals surface area contributed by atoms with Gasteiger partial charge >= 0.3 is 0 Å². The summed E-state index contributed by atoms with van der Waals surface area (Å²) in [6, 6.07) is 4.87. The molecule has 2 aromatic rings. The van der Waals surface area contributed by atoms with Crippen LogP contribution in [0.5, 0.6) is 17.2 Å². The molecule has 1 saturated heterocycles. The number of aliphatic hydroxyl groups excluding tert-OH is 4. The van der Waals surface area contributed by atoms with Crippen molar-refractivity contribution < 1.29 is 49.7 Å². The molecule has 2 aromatic carbocycles. The third-order valence-electron chi connectivity index (χ3n) is 5.38. The summed E-state index contributed by atoms with van der Waals surface area (Å²) in [5, 5.41) is 59.4. The number of phenolic OH excluding ortho intramolecular Hbond substituents is 2. The van der Waals surface area contributed by atoms with Crippen molar-refractivity contribution in [2.24, 2.45) is 0 Å². The number of fused-ring (bicyclic) bond motifs is 2. The van der Waals surface area contributed by atoms with Gasteiger partial charge in [0.2, 0.25) is 12.1 Å². The molecule has 2 aliphatic rings. The van der Waals surface area contributed by atoms with Crippen LogP contribution in [-0.2, 0) is 4.74 Å². The molecule has 10 nitrogen and oxygen atoms in total. The standard InChI is InChI=1S/C21H20O10/c1-7-2-9-15(18(27)14-10(16(9)25)4-8(23)5-11(14)24)12(3-7)30-21-20(29)19(28)17(26)13(6-22)31-21/h2-5,13,17,19-24,26,28-29H,6H2,1H3/t13-,17-,19+,20-,21-/m1/s1. The maximum atomic E-state index is 13.2. The van der Waals surface area contributed by atoms with Crippen molar-refractivity contribution in [1.82, 2.24) is 0 Å². The van der Waals surface area contributed by atoms with E-state index in [0.717, 1.165) is 12.1 Å². The van der Waals surface area contributed by atoms with E-state index >= 15 is 0 Å². The van der Waals surface area contributed by atoms with Crippen molar-refractivity contribution in [3.63, 3.8) is 0 Å². The summed E-state index contributed by atoms with van der Waals surface area (Å²) in [5.41, 5.74) is -0.187. The first kappa shape index (κ1) is 21.2. The fraction of sp³-hybridized carbons (Fsp3) is 0.333. The molecule has 0 radical (unpaired) electrons. The van der Waals surface area contributed by atoms with Gasteiger partial charge in [0.25, 0.3) is 0 Å². The molecule has 5 atom stereocenters. The van der Waals surface area contributed by atoms with Crippen molar-refractivity contribution in [2.45, 2.75) is 37.6 Å². The van der Waals surface area contributed by atoms with Crippen molar-refractivity contribution in [3.8, 4) is 17.2 Å². The molecule has 4 rings (SSSR count). The highest BCUT2D eigenvalue weighted by atomic mass is 16.7. The number of aromatic hydroxyl groups is 2. The van der Waals surface area contributed by atoms with Gasteiger partial charge in [0.05, 0.1) is 17.7 Å². The minimum Gasteiger partial charge on any atom is -0.508 e. The number of hydrogen-bond donors (Lipinski definition) is 6. The molecular formula is C21H20O10. The Balaban J connectivity index is 1.79. The normalized spacial score (nSPS) is 27.6. The van der Waals surface area contributed by atoms with Gasteiger partial charge in [0.15, 0.2) is 5.78 Å². The van der Waals surface area contributed by atoms with Gasteiger partial charge in [-0.3, -0.25) is 9.59 Å². The predicted molar refractivity (Wildman–Crippen MR) is 102 cm³/mol. The summed E-state index contributed by atoms with van der Waals surface area (Å²) < 4.78 is 11.0. The number of carbonyl (C=O) groups excluding carboxylic acids is 2. The Morgan fingerprint density at radius 2 is 1.58 bits per heavy atom. The Bertz CT molecular complexity index is 1080. The second-order valence-corrected chi connectivity index (χ2v) is 7.55. The van der Waals surface area contributed by atoms with E-state index in [0.29, 0.717) is 5.56 Å². The number of ketones is 2. The van der Waals surface area contributed by atoms with Gasteiger partial charge in [0.1, 0.15) is 41.7 Å². The van der Waals surface area contributed by atoms with Gasteiger partial charge in [0, 0.05) is 17.2 Å². The lowest BCUT2D eigenvalue weighted by atomic mass is 9.82. The quantitative estimate of drug-likeness (QED) is 0.312. The molecule has 0 aromatic heterocycles. The van der Waals surface area contributed by atoms with Crippen LogP contribution in [0, 0.1) is 6.92 Å². The average molecular weight is 432 g/mol. The molecule has 0 spiro atoms. The van der Waals surface area contributed by atoms with Gasteiger partial charge < -0.3 is 40.1 Å². The number of aryl methyl sites for hydroxylation is 1. The van der Waals surface area contributed by atoms with Crippen molar-refractivity contribution in [1.29, 1.82) is 0 Å². The summed E-state index contributed by atoms with van der Waals surface area (Å²) in [6.45, 7) is 0.965. The molecule has 0 bridgehead atoms. The van der Waals surface area contributed by atoms with Crippen molar-refractivity contribution >= 4 is 11.6 Å². The Morgan fingerprint density at radius 3 is 2.26 bits per heavy atom. The summed E-state index contributed by atoms with van der Waals surface area (Å²) in [7, 11) is 0. The van der Waals surface area contributed by atoms with Crippen LogP contribution < -0.4 is 4.74 Å². The third-order valence-corrected chi connectivity index (χ3v) is 5.38. The Hall–Kier alpha value is -3.02. The largest absolute Gasteiger partial charge is 0.508 e.